The molecule has 1 saturated heterocycles. The Morgan fingerprint density at radius 2 is 1.67 bits per heavy atom. The molecular weight excluding hydrogens is 260 g/mol. The quantitative estimate of drug-likeness (QED) is 0.929. The maximum atomic E-state index is 6.39. The largest absolute Gasteiger partial charge is 0.373 e. The van der Waals surface area contributed by atoms with Crippen molar-refractivity contribution < 1.29 is 4.74 Å². The molecule has 0 aliphatic carbocycles. The van der Waals surface area contributed by atoms with Gasteiger partial charge >= 0.3 is 0 Å². The maximum Gasteiger partial charge on any atom is 0.0678 e. The molecule has 1 fully saturated rings. The van der Waals surface area contributed by atoms with E-state index in [4.69, 9.17) is 10.5 Å². The summed E-state index contributed by atoms with van der Waals surface area (Å²) in [5, 5.41) is 0. The molecule has 1 aliphatic heterocycles. The first-order valence-electron chi connectivity index (χ1n) is 7.99. The average molecular weight is 290 g/mol. The number of ether oxygens (including phenoxy) is 1. The summed E-state index contributed by atoms with van der Waals surface area (Å²) in [4.78, 5) is 2.42. The summed E-state index contributed by atoms with van der Waals surface area (Å²) in [5.74, 6) is 0. The van der Waals surface area contributed by atoms with Gasteiger partial charge in [-0.3, -0.25) is 4.90 Å². The summed E-state index contributed by atoms with van der Waals surface area (Å²) >= 11 is 0. The highest BCUT2D eigenvalue weighted by Crippen LogP contribution is 2.24. The third-order valence-corrected chi connectivity index (χ3v) is 4.15. The summed E-state index contributed by atoms with van der Waals surface area (Å²) in [6.45, 7) is 13.8. The minimum atomic E-state index is 0.0662. The number of benzene rings is 1. The molecule has 1 aromatic carbocycles. The third-order valence-electron chi connectivity index (χ3n) is 4.15. The van der Waals surface area contributed by atoms with Gasteiger partial charge < -0.3 is 10.5 Å². The number of nitrogens with zero attached hydrogens (tertiary/aromatic N) is 1. The van der Waals surface area contributed by atoms with Crippen LogP contribution in [0.4, 0.5) is 0 Å². The highest BCUT2D eigenvalue weighted by molar-refractivity contribution is 5.29. The van der Waals surface area contributed by atoms with Gasteiger partial charge in [0.05, 0.1) is 12.2 Å². The van der Waals surface area contributed by atoms with Crippen LogP contribution in [0.15, 0.2) is 24.3 Å². The summed E-state index contributed by atoms with van der Waals surface area (Å²) in [6.07, 6.45) is 0.591. The van der Waals surface area contributed by atoms with E-state index in [9.17, 15) is 0 Å². The summed E-state index contributed by atoms with van der Waals surface area (Å²) in [5.41, 5.74) is 9.16. The van der Waals surface area contributed by atoms with Crippen LogP contribution in [0.5, 0.6) is 0 Å². The number of morpholine rings is 1. The van der Waals surface area contributed by atoms with E-state index in [2.05, 4.69) is 63.8 Å². The van der Waals surface area contributed by atoms with E-state index in [1.54, 1.807) is 0 Å². The van der Waals surface area contributed by atoms with E-state index in [1.165, 1.54) is 11.1 Å². The molecule has 3 atom stereocenters. The van der Waals surface area contributed by atoms with Gasteiger partial charge in [0.25, 0.3) is 0 Å². The maximum absolute atomic E-state index is 6.39. The second-order valence-electron chi connectivity index (χ2n) is 7.45. The molecule has 0 spiro atoms. The zero-order chi connectivity index (χ0) is 15.6. The van der Waals surface area contributed by atoms with Crippen LogP contribution in [-0.2, 0) is 10.2 Å². The van der Waals surface area contributed by atoms with Crippen molar-refractivity contribution in [1.29, 1.82) is 0 Å². The molecule has 1 aliphatic rings. The molecule has 0 amide bonds. The van der Waals surface area contributed by atoms with Crippen LogP contribution in [0, 0.1) is 0 Å². The number of nitrogens with two attached hydrogens (primary N) is 1. The van der Waals surface area contributed by atoms with Gasteiger partial charge in [-0.05, 0) is 30.4 Å². The van der Waals surface area contributed by atoms with Crippen LogP contribution >= 0.6 is 0 Å². The van der Waals surface area contributed by atoms with E-state index >= 15 is 0 Å². The van der Waals surface area contributed by atoms with Crippen LogP contribution in [-0.4, -0.2) is 36.7 Å². The monoisotopic (exact) mass is 290 g/mol. The van der Waals surface area contributed by atoms with Crippen molar-refractivity contribution in [3.8, 4) is 0 Å². The fourth-order valence-electron chi connectivity index (χ4n) is 3.05. The lowest BCUT2D eigenvalue weighted by Crippen LogP contribution is -2.47. The van der Waals surface area contributed by atoms with Crippen molar-refractivity contribution in [3.63, 3.8) is 0 Å². The van der Waals surface area contributed by atoms with Gasteiger partial charge in [0.15, 0.2) is 0 Å². The summed E-state index contributed by atoms with van der Waals surface area (Å²) in [6, 6.07) is 8.84. The molecule has 3 heteroatoms. The highest BCUT2D eigenvalue weighted by atomic mass is 16.5. The zero-order valence-electron chi connectivity index (χ0n) is 14.1. The number of rotatable bonds is 3. The van der Waals surface area contributed by atoms with E-state index < -0.39 is 0 Å². The van der Waals surface area contributed by atoms with Crippen molar-refractivity contribution in [2.45, 2.75) is 58.3 Å². The Morgan fingerprint density at radius 1 is 1.14 bits per heavy atom. The molecule has 2 N–H and O–H groups in total. The average Bonchev–Trinajstić information content (AvgIpc) is 2.36. The van der Waals surface area contributed by atoms with Crippen molar-refractivity contribution in [1.82, 2.24) is 4.90 Å². The van der Waals surface area contributed by atoms with Crippen molar-refractivity contribution in [3.05, 3.63) is 35.4 Å². The second-order valence-corrected chi connectivity index (χ2v) is 7.45. The van der Waals surface area contributed by atoms with E-state index in [0.717, 1.165) is 19.6 Å². The van der Waals surface area contributed by atoms with Crippen molar-refractivity contribution in [2.24, 2.45) is 5.73 Å². The third kappa shape index (κ3) is 4.53. The molecule has 0 saturated carbocycles. The molecule has 0 radical (unpaired) electrons. The molecule has 3 nitrogen and oxygen atoms in total. The minimum absolute atomic E-state index is 0.0662. The standard InChI is InChI=1S/C18H30N2O/c1-13-10-20(11-14(2)21-13)12-17(19)15-6-8-16(9-7-15)18(3,4)5/h6-9,13-14,17H,10-12,19H2,1-5H3/t13-,14+,17?. The second kappa shape index (κ2) is 6.47. The molecule has 0 bridgehead atoms. The van der Waals surface area contributed by atoms with Crippen molar-refractivity contribution >= 4 is 0 Å². The van der Waals surface area contributed by atoms with Gasteiger partial charge in [-0.25, -0.2) is 0 Å². The fourth-order valence-corrected chi connectivity index (χ4v) is 3.05. The smallest absolute Gasteiger partial charge is 0.0678 e. The Hall–Kier alpha value is -0.900. The first-order chi connectivity index (χ1) is 9.75. The van der Waals surface area contributed by atoms with E-state index in [1.807, 2.05) is 0 Å². The van der Waals surface area contributed by atoms with E-state index in [0.29, 0.717) is 12.2 Å². The van der Waals surface area contributed by atoms with Gasteiger partial charge in [-0.2, -0.15) is 0 Å². The molecule has 1 aromatic rings. The topological polar surface area (TPSA) is 38.5 Å². The molecule has 1 heterocycles. The Bertz CT molecular complexity index is 439. The minimum Gasteiger partial charge on any atom is -0.373 e. The zero-order valence-corrected chi connectivity index (χ0v) is 14.1. The van der Waals surface area contributed by atoms with Gasteiger partial charge in [0, 0.05) is 25.7 Å². The molecule has 2 rings (SSSR count). The van der Waals surface area contributed by atoms with Gasteiger partial charge in [0.2, 0.25) is 0 Å². The fraction of sp³-hybridized carbons (Fsp3) is 0.667. The SMILES string of the molecule is C[C@@H]1CN(CC(N)c2ccc(C(C)(C)C)cc2)C[C@H](C)O1. The lowest BCUT2D eigenvalue weighted by atomic mass is 9.86. The Labute approximate surface area is 129 Å². The summed E-state index contributed by atoms with van der Waals surface area (Å²) < 4.78 is 5.77. The van der Waals surface area contributed by atoms with Gasteiger partial charge in [-0.1, -0.05) is 45.0 Å². The van der Waals surface area contributed by atoms with Crippen LogP contribution < -0.4 is 5.73 Å². The highest BCUT2D eigenvalue weighted by Gasteiger charge is 2.24. The van der Waals surface area contributed by atoms with Gasteiger partial charge in [0.1, 0.15) is 0 Å². The van der Waals surface area contributed by atoms with Crippen LogP contribution in [0.25, 0.3) is 0 Å². The molecule has 1 unspecified atom stereocenters. The van der Waals surface area contributed by atoms with Crippen LogP contribution in [0.2, 0.25) is 0 Å². The van der Waals surface area contributed by atoms with Crippen LogP contribution in [0.1, 0.15) is 51.8 Å². The number of hydrogen-bond donors (Lipinski definition) is 1. The van der Waals surface area contributed by atoms with E-state index in [-0.39, 0.29) is 11.5 Å². The lowest BCUT2D eigenvalue weighted by Gasteiger charge is -2.36. The van der Waals surface area contributed by atoms with Crippen LogP contribution in [0.3, 0.4) is 0 Å². The Balaban J connectivity index is 1.98. The van der Waals surface area contributed by atoms with Gasteiger partial charge in [-0.15, -0.1) is 0 Å². The predicted molar refractivity (Wildman–Crippen MR) is 88.5 cm³/mol. The molecule has 21 heavy (non-hydrogen) atoms. The van der Waals surface area contributed by atoms with Crippen molar-refractivity contribution in [2.75, 3.05) is 19.6 Å². The Morgan fingerprint density at radius 3 is 2.14 bits per heavy atom. The first kappa shape index (κ1) is 16.5. The predicted octanol–water partition coefficient (Wildman–Crippen LogP) is 3.09. The summed E-state index contributed by atoms with van der Waals surface area (Å²) in [7, 11) is 0. The normalized spacial score (nSPS) is 25.8. The molecular formula is C18H30N2O. The lowest BCUT2D eigenvalue weighted by molar-refractivity contribution is -0.0691. The number of hydrogen-bond acceptors (Lipinski definition) is 3. The molecule has 118 valence electrons. The molecule has 0 aromatic heterocycles. The Kier molecular flexibility index (Phi) is 5.07. The first-order valence-corrected chi connectivity index (χ1v) is 7.99.